The van der Waals surface area contributed by atoms with Crippen LogP contribution in [-0.2, 0) is 4.79 Å². The molecule has 0 aromatic heterocycles. The van der Waals surface area contributed by atoms with Crippen LogP contribution in [0.4, 0.5) is 0 Å². The first-order valence-electron chi connectivity index (χ1n) is 10.4. The first-order valence-corrected chi connectivity index (χ1v) is 10.4. The molecule has 3 fully saturated rings. The number of nitrogens with one attached hydrogen (secondary N) is 2. The van der Waals surface area contributed by atoms with Crippen LogP contribution in [0.25, 0.3) is 0 Å². The number of amides is 1. The highest BCUT2D eigenvalue weighted by Gasteiger charge is 2.39. The Bertz CT molecular complexity index is 641. The van der Waals surface area contributed by atoms with Crippen LogP contribution >= 0.6 is 0 Å². The minimum atomic E-state index is 0.0721. The van der Waals surface area contributed by atoms with Gasteiger partial charge in [-0.05, 0) is 43.7 Å². The number of hydrazine groups is 1. The molecule has 3 aliphatic heterocycles. The van der Waals surface area contributed by atoms with Gasteiger partial charge in [-0.25, -0.2) is 0 Å². The van der Waals surface area contributed by atoms with Gasteiger partial charge in [0, 0.05) is 38.1 Å². The number of carbonyl (C=O) groups is 1. The lowest BCUT2D eigenvalue weighted by Gasteiger charge is -2.38. The zero-order chi connectivity index (χ0) is 18.6. The molecule has 3 heterocycles. The van der Waals surface area contributed by atoms with Crippen LogP contribution in [0.1, 0.15) is 37.2 Å². The zero-order valence-electron chi connectivity index (χ0n) is 16.1. The van der Waals surface area contributed by atoms with E-state index >= 15 is 0 Å². The first-order chi connectivity index (χ1) is 13.3. The van der Waals surface area contributed by atoms with Crippen molar-refractivity contribution in [2.24, 2.45) is 5.92 Å². The van der Waals surface area contributed by atoms with Crippen molar-refractivity contribution < 1.29 is 4.79 Å². The summed E-state index contributed by atoms with van der Waals surface area (Å²) in [6.07, 6.45) is 6.21. The van der Waals surface area contributed by atoms with Gasteiger partial charge in [-0.3, -0.25) is 20.5 Å². The predicted molar refractivity (Wildman–Crippen MR) is 108 cm³/mol. The Morgan fingerprint density at radius 2 is 1.93 bits per heavy atom. The van der Waals surface area contributed by atoms with Gasteiger partial charge in [0.25, 0.3) is 0 Å². The molecule has 3 unspecified atom stereocenters. The molecule has 5 nitrogen and oxygen atoms in total. The van der Waals surface area contributed by atoms with Crippen LogP contribution in [0.3, 0.4) is 0 Å². The monoisotopic (exact) mass is 368 g/mol. The Hall–Kier alpha value is -1.69. The van der Waals surface area contributed by atoms with Gasteiger partial charge < -0.3 is 4.90 Å². The maximum absolute atomic E-state index is 13.0. The fourth-order valence-corrected chi connectivity index (χ4v) is 5.17. The first kappa shape index (κ1) is 18.7. The van der Waals surface area contributed by atoms with Gasteiger partial charge in [0.2, 0.25) is 5.91 Å². The van der Waals surface area contributed by atoms with Crippen LogP contribution in [-0.4, -0.2) is 60.5 Å². The molecule has 3 atom stereocenters. The van der Waals surface area contributed by atoms with Gasteiger partial charge in [0.15, 0.2) is 0 Å². The fraction of sp³-hybridized carbons (Fsp3) is 0.591. The summed E-state index contributed by atoms with van der Waals surface area (Å²) in [6.45, 7) is 8.44. The number of hydrogen-bond donors (Lipinski definition) is 2. The van der Waals surface area contributed by atoms with Crippen molar-refractivity contribution in [2.45, 2.75) is 43.7 Å². The molecule has 1 aromatic carbocycles. The normalized spacial score (nSPS) is 29.9. The SMILES string of the molecule is C=CCN1CCCC1C(=O)N1CCC(C2NNCC2c2ccccc2)CC1. The lowest BCUT2D eigenvalue weighted by Crippen LogP contribution is -2.50. The molecule has 5 heteroatoms. The number of piperidine rings is 1. The van der Waals surface area contributed by atoms with E-state index < -0.39 is 0 Å². The van der Waals surface area contributed by atoms with Crippen LogP contribution in [0.15, 0.2) is 43.0 Å². The van der Waals surface area contributed by atoms with Gasteiger partial charge in [-0.15, -0.1) is 6.58 Å². The number of carbonyl (C=O) groups excluding carboxylic acids is 1. The average molecular weight is 369 g/mol. The Kier molecular flexibility index (Phi) is 5.91. The number of benzene rings is 1. The molecule has 1 aromatic rings. The van der Waals surface area contributed by atoms with E-state index in [2.05, 4.69) is 57.6 Å². The third kappa shape index (κ3) is 3.96. The predicted octanol–water partition coefficient (Wildman–Crippen LogP) is 2.14. The Labute approximate surface area is 162 Å². The van der Waals surface area contributed by atoms with E-state index in [0.717, 1.165) is 58.4 Å². The summed E-state index contributed by atoms with van der Waals surface area (Å²) in [6, 6.07) is 11.3. The minimum absolute atomic E-state index is 0.0721. The van der Waals surface area contributed by atoms with Crippen molar-refractivity contribution in [3.63, 3.8) is 0 Å². The Morgan fingerprint density at radius 1 is 1.15 bits per heavy atom. The topological polar surface area (TPSA) is 47.6 Å². The van der Waals surface area contributed by atoms with Crippen molar-refractivity contribution >= 4 is 5.91 Å². The maximum atomic E-state index is 13.0. The molecule has 0 spiro atoms. The number of rotatable bonds is 5. The summed E-state index contributed by atoms with van der Waals surface area (Å²) in [5.74, 6) is 1.46. The summed E-state index contributed by atoms with van der Waals surface area (Å²) >= 11 is 0. The second-order valence-electron chi connectivity index (χ2n) is 8.17. The van der Waals surface area contributed by atoms with Crippen molar-refractivity contribution in [3.05, 3.63) is 48.6 Å². The molecular weight excluding hydrogens is 336 g/mol. The molecule has 0 saturated carbocycles. The van der Waals surface area contributed by atoms with Crippen LogP contribution in [0.2, 0.25) is 0 Å². The van der Waals surface area contributed by atoms with E-state index in [4.69, 9.17) is 0 Å². The summed E-state index contributed by atoms with van der Waals surface area (Å²) in [5, 5.41) is 0. The zero-order valence-corrected chi connectivity index (χ0v) is 16.1. The Balaban J connectivity index is 1.35. The van der Waals surface area contributed by atoms with E-state index in [0.29, 0.717) is 23.8 Å². The van der Waals surface area contributed by atoms with E-state index in [-0.39, 0.29) is 6.04 Å². The average Bonchev–Trinajstić information content (AvgIpc) is 3.38. The second kappa shape index (κ2) is 8.55. The summed E-state index contributed by atoms with van der Waals surface area (Å²) < 4.78 is 0. The fourth-order valence-electron chi connectivity index (χ4n) is 5.17. The number of hydrogen-bond acceptors (Lipinski definition) is 4. The molecular formula is C22H32N4O. The summed E-state index contributed by atoms with van der Waals surface area (Å²) in [7, 11) is 0. The van der Waals surface area contributed by atoms with Gasteiger partial charge in [0.05, 0.1) is 6.04 Å². The third-order valence-electron chi connectivity index (χ3n) is 6.62. The quantitative estimate of drug-likeness (QED) is 0.782. The van der Waals surface area contributed by atoms with Crippen molar-refractivity contribution in [2.75, 3.05) is 32.7 Å². The molecule has 3 aliphatic rings. The third-order valence-corrected chi connectivity index (χ3v) is 6.62. The van der Waals surface area contributed by atoms with Crippen LogP contribution in [0.5, 0.6) is 0 Å². The summed E-state index contributed by atoms with van der Waals surface area (Å²) in [4.78, 5) is 17.4. The highest BCUT2D eigenvalue weighted by Crippen LogP contribution is 2.33. The lowest BCUT2D eigenvalue weighted by molar-refractivity contribution is -0.137. The van der Waals surface area contributed by atoms with E-state index in [1.165, 1.54) is 5.56 Å². The standard InChI is InChI=1S/C22H32N4O/c1-2-12-25-13-6-9-20(25)22(27)26-14-10-18(11-15-26)21-19(16-23-24-21)17-7-4-3-5-8-17/h2-5,7-8,18-21,23-24H,1,6,9-16H2. The highest BCUT2D eigenvalue weighted by molar-refractivity contribution is 5.82. The number of likely N-dealkylation sites (tertiary alicyclic amines) is 2. The molecule has 0 aliphatic carbocycles. The van der Waals surface area contributed by atoms with Crippen molar-refractivity contribution in [3.8, 4) is 0 Å². The van der Waals surface area contributed by atoms with E-state index in [1.807, 2.05) is 6.08 Å². The molecule has 0 bridgehead atoms. The molecule has 1 amide bonds. The Morgan fingerprint density at radius 3 is 2.67 bits per heavy atom. The molecule has 2 N–H and O–H groups in total. The van der Waals surface area contributed by atoms with E-state index in [1.54, 1.807) is 0 Å². The largest absolute Gasteiger partial charge is 0.341 e. The second-order valence-corrected chi connectivity index (χ2v) is 8.17. The summed E-state index contributed by atoms with van der Waals surface area (Å²) in [5.41, 5.74) is 8.30. The number of nitrogens with zero attached hydrogens (tertiary/aromatic N) is 2. The van der Waals surface area contributed by atoms with Gasteiger partial charge in [0.1, 0.15) is 0 Å². The van der Waals surface area contributed by atoms with Gasteiger partial charge in [-0.2, -0.15) is 0 Å². The van der Waals surface area contributed by atoms with Gasteiger partial charge >= 0.3 is 0 Å². The molecule has 0 radical (unpaired) electrons. The minimum Gasteiger partial charge on any atom is -0.341 e. The smallest absolute Gasteiger partial charge is 0.239 e. The maximum Gasteiger partial charge on any atom is 0.239 e. The van der Waals surface area contributed by atoms with E-state index in [9.17, 15) is 4.79 Å². The lowest BCUT2D eigenvalue weighted by atomic mass is 9.80. The molecule has 3 saturated heterocycles. The van der Waals surface area contributed by atoms with Crippen molar-refractivity contribution in [1.82, 2.24) is 20.7 Å². The van der Waals surface area contributed by atoms with Crippen LogP contribution in [0, 0.1) is 5.92 Å². The van der Waals surface area contributed by atoms with Crippen LogP contribution < -0.4 is 10.9 Å². The molecule has 27 heavy (non-hydrogen) atoms. The van der Waals surface area contributed by atoms with Gasteiger partial charge in [-0.1, -0.05) is 36.4 Å². The molecule has 4 rings (SSSR count). The molecule has 146 valence electrons. The highest BCUT2D eigenvalue weighted by atomic mass is 16.2. The van der Waals surface area contributed by atoms with Crippen molar-refractivity contribution in [1.29, 1.82) is 0 Å².